The highest BCUT2D eigenvalue weighted by atomic mass is 16.6. The molecule has 10 heteroatoms. The van der Waals surface area contributed by atoms with E-state index < -0.39 is 10.9 Å². The number of ether oxygens (including phenoxy) is 2. The van der Waals surface area contributed by atoms with Crippen molar-refractivity contribution in [3.8, 4) is 23.3 Å². The molecule has 0 aliphatic carbocycles. The van der Waals surface area contributed by atoms with Crippen LogP contribution in [0.1, 0.15) is 11.5 Å². The first-order valence-corrected chi connectivity index (χ1v) is 7.91. The number of rotatable bonds is 7. The summed E-state index contributed by atoms with van der Waals surface area (Å²) in [6.07, 6.45) is 0. The van der Waals surface area contributed by atoms with Crippen LogP contribution in [0.2, 0.25) is 0 Å². The molecule has 2 aromatic carbocycles. The molecule has 0 amide bonds. The zero-order valence-corrected chi connectivity index (χ0v) is 14.3. The van der Waals surface area contributed by atoms with E-state index in [0.717, 1.165) is 0 Å². The molecule has 10 nitrogen and oxygen atoms in total. The molecule has 0 atom stereocenters. The van der Waals surface area contributed by atoms with Crippen LogP contribution in [0.4, 0.5) is 5.69 Å². The Bertz CT molecular complexity index is 1020. The van der Waals surface area contributed by atoms with Crippen molar-refractivity contribution < 1.29 is 23.6 Å². The number of nitro benzene ring substituents is 1. The Labute approximate surface area is 158 Å². The first-order valence-electron chi connectivity index (χ1n) is 7.91. The summed E-state index contributed by atoms with van der Waals surface area (Å²) in [6, 6.07) is 13.9. The lowest BCUT2D eigenvalue weighted by molar-refractivity contribution is -0.384. The van der Waals surface area contributed by atoms with E-state index in [4.69, 9.17) is 19.2 Å². The lowest BCUT2D eigenvalue weighted by atomic mass is 10.2. The van der Waals surface area contributed by atoms with Gasteiger partial charge in [0.05, 0.1) is 16.6 Å². The van der Waals surface area contributed by atoms with E-state index in [2.05, 4.69) is 10.2 Å². The van der Waals surface area contributed by atoms with Gasteiger partial charge in [0.25, 0.3) is 11.6 Å². The monoisotopic (exact) mass is 380 g/mol. The van der Waals surface area contributed by atoms with Crippen molar-refractivity contribution in [2.24, 2.45) is 0 Å². The zero-order chi connectivity index (χ0) is 19.9. The van der Waals surface area contributed by atoms with Crippen LogP contribution >= 0.6 is 0 Å². The van der Waals surface area contributed by atoms with E-state index in [9.17, 15) is 14.9 Å². The van der Waals surface area contributed by atoms with Gasteiger partial charge >= 0.3 is 5.97 Å². The van der Waals surface area contributed by atoms with Crippen molar-refractivity contribution in [1.29, 1.82) is 5.26 Å². The Morgan fingerprint density at radius 1 is 1.14 bits per heavy atom. The predicted molar refractivity (Wildman–Crippen MR) is 92.8 cm³/mol. The normalized spacial score (nSPS) is 10.1. The van der Waals surface area contributed by atoms with Gasteiger partial charge in [0.15, 0.2) is 13.2 Å². The number of carbonyl (C=O) groups excluding carboxylic acids is 1. The first kappa shape index (κ1) is 18.5. The second kappa shape index (κ2) is 8.41. The molecule has 28 heavy (non-hydrogen) atoms. The van der Waals surface area contributed by atoms with Crippen molar-refractivity contribution in [2.75, 3.05) is 6.61 Å². The number of non-ortho nitro benzene ring substituents is 1. The van der Waals surface area contributed by atoms with Gasteiger partial charge in [-0.15, -0.1) is 10.2 Å². The van der Waals surface area contributed by atoms with E-state index in [1.807, 2.05) is 6.07 Å². The summed E-state index contributed by atoms with van der Waals surface area (Å²) in [5, 5.41) is 27.0. The molecular formula is C18H12N4O6. The van der Waals surface area contributed by atoms with E-state index in [0.29, 0.717) is 16.9 Å². The number of nitro groups is 1. The minimum absolute atomic E-state index is 0.0558. The Morgan fingerprint density at radius 3 is 2.50 bits per heavy atom. The highest BCUT2D eigenvalue weighted by Gasteiger charge is 2.13. The molecular weight excluding hydrogens is 368 g/mol. The van der Waals surface area contributed by atoms with E-state index in [1.54, 1.807) is 24.3 Å². The van der Waals surface area contributed by atoms with Gasteiger partial charge in [-0.2, -0.15) is 5.26 Å². The van der Waals surface area contributed by atoms with E-state index >= 15 is 0 Å². The third-order valence-electron chi connectivity index (χ3n) is 3.49. The Morgan fingerprint density at radius 2 is 1.86 bits per heavy atom. The van der Waals surface area contributed by atoms with Crippen LogP contribution in [0, 0.1) is 21.4 Å². The summed E-state index contributed by atoms with van der Waals surface area (Å²) >= 11 is 0. The molecule has 3 rings (SSSR count). The largest absolute Gasteiger partial charge is 0.482 e. The molecule has 0 aliphatic heterocycles. The first-order chi connectivity index (χ1) is 13.5. The van der Waals surface area contributed by atoms with Crippen LogP contribution in [0.25, 0.3) is 11.5 Å². The summed E-state index contributed by atoms with van der Waals surface area (Å²) in [7, 11) is 0. The highest BCUT2D eigenvalue weighted by molar-refractivity contribution is 5.71. The summed E-state index contributed by atoms with van der Waals surface area (Å²) in [6.45, 7) is -0.565. The topological polar surface area (TPSA) is 141 Å². The third kappa shape index (κ3) is 4.67. The SMILES string of the molecule is N#Cc1ccc(OCC(=O)OCc2nnc(-c3ccc([N+](=O)[O-])cc3)o2)cc1. The molecule has 0 saturated heterocycles. The van der Waals surface area contributed by atoms with Gasteiger partial charge in [-0.3, -0.25) is 10.1 Å². The molecule has 3 aromatic rings. The van der Waals surface area contributed by atoms with Crippen LogP contribution in [-0.4, -0.2) is 27.7 Å². The summed E-state index contributed by atoms with van der Waals surface area (Å²) < 4.78 is 15.6. The molecule has 0 N–H and O–H groups in total. The number of hydrogen-bond donors (Lipinski definition) is 0. The number of aromatic nitrogens is 2. The summed E-state index contributed by atoms with van der Waals surface area (Å²) in [5.74, 6) is 0.00324. The minimum Gasteiger partial charge on any atom is -0.482 e. The minimum atomic E-state index is -0.639. The fourth-order valence-corrected chi connectivity index (χ4v) is 2.11. The Kier molecular flexibility index (Phi) is 5.57. The maximum absolute atomic E-state index is 11.7. The lowest BCUT2D eigenvalue weighted by Crippen LogP contribution is -2.14. The van der Waals surface area contributed by atoms with Crippen molar-refractivity contribution >= 4 is 11.7 Å². The van der Waals surface area contributed by atoms with Crippen molar-refractivity contribution in [1.82, 2.24) is 10.2 Å². The van der Waals surface area contributed by atoms with Crippen LogP contribution in [-0.2, 0) is 16.1 Å². The van der Waals surface area contributed by atoms with E-state index in [-0.39, 0.29) is 30.7 Å². The van der Waals surface area contributed by atoms with Gasteiger partial charge in [0, 0.05) is 17.7 Å². The molecule has 1 heterocycles. The van der Waals surface area contributed by atoms with Gasteiger partial charge in [0.1, 0.15) is 5.75 Å². The standard InChI is InChI=1S/C18H12N4O6/c19-9-12-1-7-15(8-2-12)26-11-17(23)27-10-16-20-21-18(28-16)13-3-5-14(6-4-13)22(24)25/h1-8H,10-11H2. The van der Waals surface area contributed by atoms with E-state index in [1.165, 1.54) is 24.3 Å². The van der Waals surface area contributed by atoms with Crippen LogP contribution in [0.15, 0.2) is 52.9 Å². The molecule has 0 aliphatic rings. The van der Waals surface area contributed by atoms with Crippen LogP contribution in [0.5, 0.6) is 5.75 Å². The number of hydrogen-bond acceptors (Lipinski definition) is 9. The van der Waals surface area contributed by atoms with Crippen molar-refractivity contribution in [2.45, 2.75) is 6.61 Å². The summed E-state index contributed by atoms with van der Waals surface area (Å²) in [5.41, 5.74) is 0.926. The molecule has 0 bridgehead atoms. The number of nitriles is 1. The second-order valence-electron chi connectivity index (χ2n) is 5.39. The number of carbonyl (C=O) groups is 1. The molecule has 1 aromatic heterocycles. The van der Waals surface area contributed by atoms with Gasteiger partial charge in [-0.1, -0.05) is 0 Å². The number of nitrogens with zero attached hydrogens (tertiary/aromatic N) is 4. The maximum Gasteiger partial charge on any atom is 0.344 e. The Hall–Kier alpha value is -4.26. The Balaban J connectivity index is 1.50. The maximum atomic E-state index is 11.7. The molecule has 0 spiro atoms. The highest BCUT2D eigenvalue weighted by Crippen LogP contribution is 2.21. The molecule has 0 saturated carbocycles. The average Bonchev–Trinajstić information content (AvgIpc) is 3.20. The zero-order valence-electron chi connectivity index (χ0n) is 14.3. The molecule has 0 fully saturated rings. The fourth-order valence-electron chi connectivity index (χ4n) is 2.11. The second-order valence-corrected chi connectivity index (χ2v) is 5.39. The van der Waals surface area contributed by atoms with Gasteiger partial charge in [-0.05, 0) is 36.4 Å². The fraction of sp³-hybridized carbons (Fsp3) is 0.111. The lowest BCUT2D eigenvalue weighted by Gasteiger charge is -2.05. The van der Waals surface area contributed by atoms with Crippen LogP contribution in [0.3, 0.4) is 0 Å². The number of esters is 1. The van der Waals surface area contributed by atoms with Crippen molar-refractivity contribution in [3.63, 3.8) is 0 Å². The van der Waals surface area contributed by atoms with Crippen LogP contribution < -0.4 is 4.74 Å². The summed E-state index contributed by atoms with van der Waals surface area (Å²) in [4.78, 5) is 21.9. The predicted octanol–water partition coefficient (Wildman–Crippen LogP) is 2.64. The number of benzene rings is 2. The smallest absolute Gasteiger partial charge is 0.344 e. The molecule has 0 radical (unpaired) electrons. The van der Waals surface area contributed by atoms with Gasteiger partial charge in [0.2, 0.25) is 5.89 Å². The molecule has 140 valence electrons. The third-order valence-corrected chi connectivity index (χ3v) is 3.49. The molecule has 0 unspecified atom stereocenters. The van der Waals surface area contributed by atoms with Gasteiger partial charge < -0.3 is 13.9 Å². The van der Waals surface area contributed by atoms with Gasteiger partial charge in [-0.25, -0.2) is 4.79 Å². The average molecular weight is 380 g/mol. The quantitative estimate of drug-likeness (QED) is 0.343. The van der Waals surface area contributed by atoms with Crippen molar-refractivity contribution in [3.05, 3.63) is 70.1 Å².